The van der Waals surface area contributed by atoms with Gasteiger partial charge >= 0.3 is 0 Å². The molecular formula is C24H15Cl3F3N3O3. The van der Waals surface area contributed by atoms with Crippen molar-refractivity contribution < 1.29 is 27.6 Å². The van der Waals surface area contributed by atoms with Crippen molar-refractivity contribution in [3.05, 3.63) is 88.2 Å². The number of anilines is 3. The molecule has 1 aliphatic rings. The summed E-state index contributed by atoms with van der Waals surface area (Å²) in [4.78, 5) is 37.4. The first-order valence-corrected chi connectivity index (χ1v) is 11.4. The predicted molar refractivity (Wildman–Crippen MR) is 131 cm³/mol. The quantitative estimate of drug-likeness (QED) is 0.307. The molecule has 1 fully saturated rings. The van der Waals surface area contributed by atoms with Crippen LogP contribution in [0, 0.1) is 23.4 Å². The Hall–Kier alpha value is -3.27. The molecule has 3 aromatic rings. The van der Waals surface area contributed by atoms with Gasteiger partial charge in [0.1, 0.15) is 21.7 Å². The molecule has 6 nitrogen and oxygen atoms in total. The van der Waals surface area contributed by atoms with Crippen LogP contribution < -0.4 is 16.0 Å². The number of carbonyl (C=O) groups is 3. The molecule has 0 heterocycles. The maximum Gasteiger partial charge on any atom is 0.257 e. The molecular weight excluding hydrogens is 542 g/mol. The maximum atomic E-state index is 15.0. The number of carbonyl (C=O) groups excluding carboxylic acids is 3. The van der Waals surface area contributed by atoms with Gasteiger partial charge in [-0.3, -0.25) is 14.4 Å². The topological polar surface area (TPSA) is 87.3 Å². The van der Waals surface area contributed by atoms with Gasteiger partial charge in [-0.05, 0) is 61.0 Å². The van der Waals surface area contributed by atoms with Crippen LogP contribution in [-0.2, 0) is 4.79 Å². The first-order chi connectivity index (χ1) is 17.0. The standard InChI is InChI=1S/C24H15Cl3F3N3O3/c25-16-6-5-13(31-23(36)15-10-24(15,26)27)9-14(16)22(35)32-18-8-7-17(29)20(19(18)30)33-21(34)11-1-3-12(28)4-2-11/h1-9,15H,10H2,(H,31,36)(H,32,35)(H,33,34). The summed E-state index contributed by atoms with van der Waals surface area (Å²) in [5, 5.41) is 6.91. The molecule has 0 bridgehead atoms. The fraction of sp³-hybridized carbons (Fsp3) is 0.125. The highest BCUT2D eigenvalue weighted by Crippen LogP contribution is 2.53. The minimum absolute atomic E-state index is 0.00619. The normalized spacial score (nSPS) is 15.7. The molecule has 1 atom stereocenters. The van der Waals surface area contributed by atoms with Crippen molar-refractivity contribution in [1.82, 2.24) is 0 Å². The van der Waals surface area contributed by atoms with E-state index in [4.69, 9.17) is 34.8 Å². The van der Waals surface area contributed by atoms with Crippen LogP contribution >= 0.6 is 34.8 Å². The fourth-order valence-corrected chi connectivity index (χ4v) is 3.95. The molecule has 3 N–H and O–H groups in total. The Bertz CT molecular complexity index is 1380. The van der Waals surface area contributed by atoms with Gasteiger partial charge in [0.05, 0.1) is 22.2 Å². The maximum absolute atomic E-state index is 15.0. The van der Waals surface area contributed by atoms with E-state index in [1.165, 1.54) is 18.2 Å². The van der Waals surface area contributed by atoms with Crippen molar-refractivity contribution in [2.45, 2.75) is 10.8 Å². The molecule has 186 valence electrons. The Balaban J connectivity index is 1.52. The predicted octanol–water partition coefficient (Wildman–Crippen LogP) is 6.39. The Kier molecular flexibility index (Phi) is 7.17. The van der Waals surface area contributed by atoms with Crippen molar-refractivity contribution in [2.24, 2.45) is 5.92 Å². The van der Waals surface area contributed by atoms with Crippen molar-refractivity contribution in [3.8, 4) is 0 Å². The largest absolute Gasteiger partial charge is 0.326 e. The van der Waals surface area contributed by atoms with Crippen molar-refractivity contribution >= 4 is 69.6 Å². The summed E-state index contributed by atoms with van der Waals surface area (Å²) in [5.74, 6) is -5.75. The van der Waals surface area contributed by atoms with Gasteiger partial charge in [-0.25, -0.2) is 13.2 Å². The van der Waals surface area contributed by atoms with Crippen LogP contribution in [0.3, 0.4) is 0 Å². The summed E-state index contributed by atoms with van der Waals surface area (Å²) in [7, 11) is 0. The number of benzene rings is 3. The summed E-state index contributed by atoms with van der Waals surface area (Å²) in [6.45, 7) is 0. The molecule has 0 saturated heterocycles. The molecule has 3 aromatic carbocycles. The third-order valence-corrected chi connectivity index (χ3v) is 6.47. The molecule has 0 spiro atoms. The summed E-state index contributed by atoms with van der Waals surface area (Å²) < 4.78 is 41.2. The number of hydrogen-bond donors (Lipinski definition) is 3. The van der Waals surface area contributed by atoms with Crippen LogP contribution in [0.25, 0.3) is 0 Å². The summed E-state index contributed by atoms with van der Waals surface area (Å²) >= 11 is 17.9. The van der Waals surface area contributed by atoms with Crippen LogP contribution in [0.2, 0.25) is 5.02 Å². The highest BCUT2D eigenvalue weighted by Gasteiger charge is 2.56. The van der Waals surface area contributed by atoms with E-state index in [2.05, 4.69) is 16.0 Å². The van der Waals surface area contributed by atoms with E-state index in [-0.39, 0.29) is 28.3 Å². The lowest BCUT2D eigenvalue weighted by Gasteiger charge is -2.13. The SMILES string of the molecule is O=C(Nc1c(F)ccc(NC(=O)c2cc(NC(=O)C3CC3(Cl)Cl)ccc2Cl)c1F)c1ccc(F)cc1. The van der Waals surface area contributed by atoms with Gasteiger partial charge < -0.3 is 16.0 Å². The molecule has 1 unspecified atom stereocenters. The van der Waals surface area contributed by atoms with Crippen LogP contribution in [0.15, 0.2) is 54.6 Å². The van der Waals surface area contributed by atoms with Gasteiger partial charge in [-0.2, -0.15) is 0 Å². The van der Waals surface area contributed by atoms with Gasteiger partial charge in [-0.15, -0.1) is 23.2 Å². The molecule has 1 saturated carbocycles. The summed E-state index contributed by atoms with van der Waals surface area (Å²) in [5.41, 5.74) is -1.20. The number of nitrogens with one attached hydrogen (secondary N) is 3. The Morgan fingerprint density at radius 1 is 0.861 bits per heavy atom. The Morgan fingerprint density at radius 2 is 1.53 bits per heavy atom. The van der Waals surface area contributed by atoms with E-state index >= 15 is 4.39 Å². The van der Waals surface area contributed by atoms with E-state index < -0.39 is 56.8 Å². The van der Waals surface area contributed by atoms with Gasteiger partial charge in [-0.1, -0.05) is 11.6 Å². The van der Waals surface area contributed by atoms with E-state index in [1.807, 2.05) is 0 Å². The van der Waals surface area contributed by atoms with Gasteiger partial charge in [0, 0.05) is 11.3 Å². The molecule has 0 aromatic heterocycles. The smallest absolute Gasteiger partial charge is 0.257 e. The molecule has 4 rings (SSSR count). The lowest BCUT2D eigenvalue weighted by Crippen LogP contribution is -2.19. The second-order valence-corrected chi connectivity index (χ2v) is 9.85. The summed E-state index contributed by atoms with van der Waals surface area (Å²) in [6.07, 6.45) is 0.284. The van der Waals surface area contributed by atoms with Gasteiger partial charge in [0.2, 0.25) is 5.91 Å². The van der Waals surface area contributed by atoms with Crippen molar-refractivity contribution in [3.63, 3.8) is 0 Å². The minimum atomic E-state index is -1.26. The Labute approximate surface area is 217 Å². The van der Waals surface area contributed by atoms with Crippen LogP contribution in [0.5, 0.6) is 0 Å². The zero-order valence-corrected chi connectivity index (χ0v) is 20.2. The molecule has 12 heteroatoms. The first kappa shape index (κ1) is 25.8. The van der Waals surface area contributed by atoms with Crippen molar-refractivity contribution in [1.29, 1.82) is 0 Å². The monoisotopic (exact) mass is 555 g/mol. The van der Waals surface area contributed by atoms with Crippen molar-refractivity contribution in [2.75, 3.05) is 16.0 Å². The second kappa shape index (κ2) is 10.0. The first-order valence-electron chi connectivity index (χ1n) is 10.3. The number of halogens is 6. The number of rotatable bonds is 6. The van der Waals surface area contributed by atoms with Crippen LogP contribution in [0.1, 0.15) is 27.1 Å². The molecule has 1 aliphatic carbocycles. The van der Waals surface area contributed by atoms with Crippen LogP contribution in [0.4, 0.5) is 30.2 Å². The number of hydrogen-bond acceptors (Lipinski definition) is 3. The molecule has 3 amide bonds. The highest BCUT2D eigenvalue weighted by molar-refractivity contribution is 6.52. The zero-order chi connectivity index (χ0) is 26.2. The Morgan fingerprint density at radius 3 is 2.17 bits per heavy atom. The number of amides is 3. The minimum Gasteiger partial charge on any atom is -0.326 e. The third kappa shape index (κ3) is 5.59. The van der Waals surface area contributed by atoms with E-state index in [9.17, 15) is 23.2 Å². The van der Waals surface area contributed by atoms with Crippen LogP contribution in [-0.4, -0.2) is 22.1 Å². The third-order valence-electron chi connectivity index (χ3n) is 5.31. The molecule has 0 aliphatic heterocycles. The second-order valence-electron chi connectivity index (χ2n) is 7.90. The highest BCUT2D eigenvalue weighted by atomic mass is 35.5. The fourth-order valence-electron chi connectivity index (χ4n) is 3.24. The zero-order valence-electron chi connectivity index (χ0n) is 18.0. The lowest BCUT2D eigenvalue weighted by molar-refractivity contribution is -0.117. The lowest BCUT2D eigenvalue weighted by atomic mass is 10.1. The van der Waals surface area contributed by atoms with Gasteiger partial charge in [0.15, 0.2) is 5.82 Å². The average Bonchev–Trinajstić information content (AvgIpc) is 3.48. The van der Waals surface area contributed by atoms with Gasteiger partial charge in [0.25, 0.3) is 11.8 Å². The average molecular weight is 557 g/mol. The van der Waals surface area contributed by atoms with E-state index in [0.29, 0.717) is 0 Å². The molecule has 36 heavy (non-hydrogen) atoms. The number of alkyl halides is 2. The van der Waals surface area contributed by atoms with E-state index in [0.717, 1.165) is 36.4 Å². The molecule has 0 radical (unpaired) electrons. The van der Waals surface area contributed by atoms with E-state index in [1.54, 1.807) is 0 Å². The summed E-state index contributed by atoms with van der Waals surface area (Å²) in [6, 6.07) is 10.2.